The van der Waals surface area contributed by atoms with Crippen LogP contribution in [-0.4, -0.2) is 39.5 Å². The Balaban J connectivity index is 1.50. The number of rotatable bonds is 4. The summed E-state index contributed by atoms with van der Waals surface area (Å²) in [5.41, 5.74) is 1.31. The van der Waals surface area contributed by atoms with Gasteiger partial charge < -0.3 is 19.3 Å². The monoisotopic (exact) mass is 289 g/mol. The summed E-state index contributed by atoms with van der Waals surface area (Å²) in [6.07, 6.45) is 0. The van der Waals surface area contributed by atoms with E-state index < -0.39 is 0 Å². The highest BCUT2D eigenvalue weighted by Gasteiger charge is 2.24. The lowest BCUT2D eigenvalue weighted by Crippen LogP contribution is -3.27. The second-order valence-corrected chi connectivity index (χ2v) is 6.10. The highest BCUT2D eigenvalue weighted by atomic mass is 16.7. The minimum Gasteiger partial charge on any atom is -0.454 e. The average molecular weight is 289 g/mol. The second-order valence-electron chi connectivity index (χ2n) is 6.10. The quantitative estimate of drug-likeness (QED) is 0.737. The van der Waals surface area contributed by atoms with Crippen molar-refractivity contribution >= 4 is 0 Å². The SMILES string of the molecule is C[C@@H](C#N)C[NH+]1CC[NH+](Cc2ccc3c(c2)OCO3)CC1. The number of benzene rings is 1. The van der Waals surface area contributed by atoms with Crippen molar-refractivity contribution in [2.24, 2.45) is 5.92 Å². The van der Waals surface area contributed by atoms with Crippen LogP contribution in [0, 0.1) is 17.2 Å². The van der Waals surface area contributed by atoms with Crippen molar-refractivity contribution in [2.75, 3.05) is 39.5 Å². The number of piperazine rings is 1. The van der Waals surface area contributed by atoms with Crippen LogP contribution in [0.2, 0.25) is 0 Å². The normalized spacial score (nSPS) is 25.3. The number of hydrogen-bond donors (Lipinski definition) is 2. The maximum atomic E-state index is 8.90. The summed E-state index contributed by atoms with van der Waals surface area (Å²) in [5.74, 6) is 1.89. The molecule has 0 saturated carbocycles. The zero-order chi connectivity index (χ0) is 14.7. The van der Waals surface area contributed by atoms with Crippen LogP contribution in [0.15, 0.2) is 18.2 Å². The van der Waals surface area contributed by atoms with Crippen molar-refractivity contribution < 1.29 is 19.3 Å². The van der Waals surface area contributed by atoms with Crippen LogP contribution >= 0.6 is 0 Å². The Morgan fingerprint density at radius 3 is 2.62 bits per heavy atom. The lowest BCUT2D eigenvalue weighted by atomic mass is 10.1. The van der Waals surface area contributed by atoms with Crippen molar-refractivity contribution in [1.29, 1.82) is 5.26 Å². The number of hydrogen-bond acceptors (Lipinski definition) is 3. The van der Waals surface area contributed by atoms with Gasteiger partial charge in [0.15, 0.2) is 11.5 Å². The van der Waals surface area contributed by atoms with Crippen LogP contribution in [0.25, 0.3) is 0 Å². The van der Waals surface area contributed by atoms with E-state index in [2.05, 4.69) is 18.2 Å². The van der Waals surface area contributed by atoms with Gasteiger partial charge in [0.2, 0.25) is 6.79 Å². The van der Waals surface area contributed by atoms with E-state index in [0.29, 0.717) is 6.79 Å². The molecule has 0 aromatic heterocycles. The van der Waals surface area contributed by atoms with Crippen LogP contribution in [0.5, 0.6) is 11.5 Å². The zero-order valence-electron chi connectivity index (χ0n) is 12.5. The second kappa shape index (κ2) is 6.33. The van der Waals surface area contributed by atoms with Gasteiger partial charge in [-0.1, -0.05) is 0 Å². The molecule has 2 aliphatic heterocycles. The number of ether oxygens (including phenoxy) is 2. The molecule has 2 N–H and O–H groups in total. The Morgan fingerprint density at radius 2 is 1.86 bits per heavy atom. The van der Waals surface area contributed by atoms with Crippen molar-refractivity contribution in [2.45, 2.75) is 13.5 Å². The van der Waals surface area contributed by atoms with Gasteiger partial charge >= 0.3 is 0 Å². The molecule has 1 aromatic rings. The molecule has 2 aliphatic rings. The first-order chi connectivity index (χ1) is 10.2. The first-order valence-corrected chi connectivity index (χ1v) is 7.70. The Bertz CT molecular complexity index is 533. The summed E-state index contributed by atoms with van der Waals surface area (Å²) < 4.78 is 10.8. The van der Waals surface area contributed by atoms with Crippen LogP contribution in [0.3, 0.4) is 0 Å². The fourth-order valence-corrected chi connectivity index (χ4v) is 3.16. The topological polar surface area (TPSA) is 51.1 Å². The van der Waals surface area contributed by atoms with E-state index in [1.165, 1.54) is 18.7 Å². The molecule has 0 unspecified atom stereocenters. The van der Waals surface area contributed by atoms with Gasteiger partial charge in [-0.2, -0.15) is 5.26 Å². The standard InChI is InChI=1S/C16H21N3O2/c1-13(9-17)10-18-4-6-19(7-5-18)11-14-2-3-15-16(8-14)21-12-20-15/h2-3,8,13H,4-7,10-12H2,1H3/p+2/t13-/m0/s1. The molecule has 3 rings (SSSR count). The third-order valence-corrected chi connectivity index (χ3v) is 4.37. The molecule has 5 nitrogen and oxygen atoms in total. The smallest absolute Gasteiger partial charge is 0.231 e. The van der Waals surface area contributed by atoms with Gasteiger partial charge in [0, 0.05) is 5.56 Å². The van der Waals surface area contributed by atoms with E-state index in [1.807, 2.05) is 13.0 Å². The van der Waals surface area contributed by atoms with Gasteiger partial charge in [0.25, 0.3) is 0 Å². The average Bonchev–Trinajstić information content (AvgIpc) is 2.96. The molecule has 21 heavy (non-hydrogen) atoms. The fourth-order valence-electron chi connectivity index (χ4n) is 3.16. The molecule has 1 fully saturated rings. The highest BCUT2D eigenvalue weighted by molar-refractivity contribution is 5.44. The first kappa shape index (κ1) is 14.2. The zero-order valence-corrected chi connectivity index (χ0v) is 12.5. The lowest BCUT2D eigenvalue weighted by Gasteiger charge is -2.30. The molecule has 2 heterocycles. The third-order valence-electron chi connectivity index (χ3n) is 4.37. The van der Waals surface area contributed by atoms with Gasteiger partial charge in [-0.3, -0.25) is 0 Å². The Hall–Kier alpha value is -1.77. The van der Waals surface area contributed by atoms with Crippen molar-refractivity contribution in [1.82, 2.24) is 0 Å². The van der Waals surface area contributed by atoms with Crippen molar-refractivity contribution in [3.05, 3.63) is 23.8 Å². The van der Waals surface area contributed by atoms with E-state index >= 15 is 0 Å². The van der Waals surface area contributed by atoms with Crippen LogP contribution in [0.1, 0.15) is 12.5 Å². The van der Waals surface area contributed by atoms with Crippen molar-refractivity contribution in [3.63, 3.8) is 0 Å². The molecule has 5 heteroatoms. The Morgan fingerprint density at radius 1 is 1.14 bits per heavy atom. The number of quaternary nitrogens is 2. The first-order valence-electron chi connectivity index (χ1n) is 7.70. The fraction of sp³-hybridized carbons (Fsp3) is 0.562. The molecule has 0 bridgehead atoms. The van der Waals surface area contributed by atoms with E-state index in [0.717, 1.165) is 37.7 Å². The maximum Gasteiger partial charge on any atom is 0.231 e. The van der Waals surface area contributed by atoms with Crippen LogP contribution in [-0.2, 0) is 6.54 Å². The van der Waals surface area contributed by atoms with E-state index in [9.17, 15) is 0 Å². The van der Waals surface area contributed by atoms with Crippen LogP contribution in [0.4, 0.5) is 0 Å². The lowest BCUT2D eigenvalue weighted by molar-refractivity contribution is -1.02. The minimum absolute atomic E-state index is 0.162. The molecule has 0 spiro atoms. The van der Waals surface area contributed by atoms with E-state index in [-0.39, 0.29) is 5.92 Å². The Labute approximate surface area is 125 Å². The molecule has 1 atom stereocenters. The van der Waals surface area contributed by atoms with E-state index in [1.54, 1.807) is 9.80 Å². The molecule has 0 aliphatic carbocycles. The van der Waals surface area contributed by atoms with Gasteiger partial charge in [-0.15, -0.1) is 0 Å². The summed E-state index contributed by atoms with van der Waals surface area (Å²) >= 11 is 0. The largest absolute Gasteiger partial charge is 0.454 e. The molecule has 1 saturated heterocycles. The molecule has 1 aromatic carbocycles. The van der Waals surface area contributed by atoms with Gasteiger partial charge in [-0.25, -0.2) is 0 Å². The summed E-state index contributed by atoms with van der Waals surface area (Å²) in [6, 6.07) is 8.58. The molecular weight excluding hydrogens is 266 g/mol. The molecule has 112 valence electrons. The van der Waals surface area contributed by atoms with Gasteiger partial charge in [0.05, 0.1) is 18.5 Å². The predicted octanol–water partition coefficient (Wildman–Crippen LogP) is -1.14. The Kier molecular flexibility index (Phi) is 4.28. The number of nitrogens with zero attached hydrogens (tertiary/aromatic N) is 1. The maximum absolute atomic E-state index is 8.90. The highest BCUT2D eigenvalue weighted by Crippen LogP contribution is 2.32. The number of nitrogens with one attached hydrogen (secondary N) is 2. The van der Waals surface area contributed by atoms with Crippen LogP contribution < -0.4 is 19.3 Å². The third kappa shape index (κ3) is 3.46. The number of fused-ring (bicyclic) bond motifs is 1. The van der Waals surface area contributed by atoms with Gasteiger partial charge in [0.1, 0.15) is 32.7 Å². The summed E-state index contributed by atoms with van der Waals surface area (Å²) in [4.78, 5) is 3.18. The van der Waals surface area contributed by atoms with Crippen molar-refractivity contribution in [3.8, 4) is 17.6 Å². The van der Waals surface area contributed by atoms with Gasteiger partial charge in [-0.05, 0) is 25.1 Å². The molecule has 0 radical (unpaired) electrons. The molecule has 0 amide bonds. The minimum atomic E-state index is 0.162. The molecular formula is C16H23N3O2+2. The van der Waals surface area contributed by atoms with E-state index in [4.69, 9.17) is 14.7 Å². The predicted molar refractivity (Wildman–Crippen MR) is 77.3 cm³/mol. The summed E-state index contributed by atoms with van der Waals surface area (Å²) in [7, 11) is 0. The summed E-state index contributed by atoms with van der Waals surface area (Å²) in [6.45, 7) is 9.02. The summed E-state index contributed by atoms with van der Waals surface area (Å²) in [5, 5.41) is 8.90. The number of nitriles is 1.